The number of halogens is 1. The number of β-amino-alcohol motifs (C(OH)–C–C–N with tert-alkyl or cyclic N) is 1. The highest BCUT2D eigenvalue weighted by molar-refractivity contribution is 7.89. The highest BCUT2D eigenvalue weighted by Gasteiger charge is 2.33. The molecule has 94 valence electrons. The Balaban J connectivity index is 2.42. The topological polar surface area (TPSA) is 83.6 Å². The number of para-hydroxylation sites is 1. The van der Waals surface area contributed by atoms with Gasteiger partial charge in [-0.2, -0.15) is 4.31 Å². The molecule has 0 spiro atoms. The normalized spacial score (nSPS) is 21.9. The largest absolute Gasteiger partial charge is 0.395 e. The van der Waals surface area contributed by atoms with Crippen LogP contribution in [-0.2, 0) is 10.0 Å². The molecule has 0 unspecified atom stereocenters. The molecule has 1 aromatic carbocycles. The van der Waals surface area contributed by atoms with Gasteiger partial charge in [-0.05, 0) is 18.6 Å². The lowest BCUT2D eigenvalue weighted by Gasteiger charge is -2.17. The number of benzene rings is 1. The molecule has 7 heteroatoms. The number of rotatable bonds is 2. The average molecular weight is 260 g/mol. The Morgan fingerprint density at radius 2 is 2.18 bits per heavy atom. The molecule has 1 heterocycles. The first kappa shape index (κ1) is 12.3. The lowest BCUT2D eigenvalue weighted by molar-refractivity contribution is 0.189. The first-order valence-electron chi connectivity index (χ1n) is 5.15. The van der Waals surface area contributed by atoms with Gasteiger partial charge in [0, 0.05) is 13.1 Å². The van der Waals surface area contributed by atoms with Crippen LogP contribution in [0.5, 0.6) is 0 Å². The van der Waals surface area contributed by atoms with Crippen molar-refractivity contribution in [1.82, 2.24) is 4.31 Å². The summed E-state index contributed by atoms with van der Waals surface area (Å²) in [5, 5.41) is 9.32. The van der Waals surface area contributed by atoms with Crippen LogP contribution in [0.1, 0.15) is 6.42 Å². The van der Waals surface area contributed by atoms with Crippen molar-refractivity contribution in [2.24, 2.45) is 0 Å². The smallest absolute Gasteiger partial charge is 0.245 e. The summed E-state index contributed by atoms with van der Waals surface area (Å²) in [6, 6.07) is 3.66. The van der Waals surface area contributed by atoms with E-state index in [1.54, 1.807) is 0 Å². The SMILES string of the molecule is Nc1c(F)cccc1S(=O)(=O)N1CC[C@H](O)C1. The predicted octanol–water partition coefficient (Wildman–Crippen LogP) is 0.163. The Bertz CT molecular complexity index is 532. The van der Waals surface area contributed by atoms with Gasteiger partial charge in [0.25, 0.3) is 0 Å². The van der Waals surface area contributed by atoms with Gasteiger partial charge in [-0.1, -0.05) is 6.07 Å². The molecule has 1 aliphatic heterocycles. The summed E-state index contributed by atoms with van der Waals surface area (Å²) in [7, 11) is -3.82. The average Bonchev–Trinajstić information content (AvgIpc) is 2.69. The highest BCUT2D eigenvalue weighted by atomic mass is 32.2. The molecular formula is C10H13FN2O3S. The Hall–Kier alpha value is -1.18. The second kappa shape index (κ2) is 4.25. The molecule has 1 atom stereocenters. The van der Waals surface area contributed by atoms with Crippen LogP contribution in [0, 0.1) is 5.82 Å². The molecule has 1 saturated heterocycles. The number of hydrogen-bond acceptors (Lipinski definition) is 4. The Morgan fingerprint density at radius 3 is 2.76 bits per heavy atom. The molecule has 5 nitrogen and oxygen atoms in total. The summed E-state index contributed by atoms with van der Waals surface area (Å²) < 4.78 is 38.6. The molecule has 0 amide bonds. The molecule has 0 bridgehead atoms. The Kier molecular flexibility index (Phi) is 3.07. The summed E-state index contributed by atoms with van der Waals surface area (Å²) in [6.07, 6.45) is -0.284. The molecule has 3 N–H and O–H groups in total. The number of nitrogen functional groups attached to an aromatic ring is 1. The van der Waals surface area contributed by atoms with Crippen LogP contribution >= 0.6 is 0 Å². The fraction of sp³-hybridized carbons (Fsp3) is 0.400. The molecule has 1 aliphatic rings. The maximum Gasteiger partial charge on any atom is 0.245 e. The summed E-state index contributed by atoms with van der Waals surface area (Å²) >= 11 is 0. The van der Waals surface area contributed by atoms with Crippen LogP contribution in [-0.4, -0.2) is 37.0 Å². The fourth-order valence-corrected chi connectivity index (χ4v) is 3.43. The third-order valence-electron chi connectivity index (χ3n) is 2.76. The molecule has 0 aromatic heterocycles. The van der Waals surface area contributed by atoms with Gasteiger partial charge in [0.1, 0.15) is 10.7 Å². The van der Waals surface area contributed by atoms with Crippen molar-refractivity contribution in [3.05, 3.63) is 24.0 Å². The number of hydrogen-bond donors (Lipinski definition) is 2. The van der Waals surface area contributed by atoms with Gasteiger partial charge in [-0.15, -0.1) is 0 Å². The van der Waals surface area contributed by atoms with Crippen LogP contribution in [0.4, 0.5) is 10.1 Å². The Labute approximate surface area is 98.7 Å². The number of nitrogens with two attached hydrogens (primary N) is 1. The minimum absolute atomic E-state index is 0.0261. The summed E-state index contributed by atoms with van der Waals surface area (Å²) in [5.74, 6) is -0.758. The van der Waals surface area contributed by atoms with E-state index in [1.165, 1.54) is 12.1 Å². The van der Waals surface area contributed by atoms with Gasteiger partial charge in [-0.25, -0.2) is 12.8 Å². The molecule has 0 saturated carbocycles. The third-order valence-corrected chi connectivity index (χ3v) is 4.68. The summed E-state index contributed by atoms with van der Waals surface area (Å²) in [4.78, 5) is -0.244. The maximum absolute atomic E-state index is 13.2. The van der Waals surface area contributed by atoms with Gasteiger partial charge in [0.05, 0.1) is 11.8 Å². The molecule has 0 radical (unpaired) electrons. The van der Waals surface area contributed by atoms with E-state index in [0.717, 1.165) is 10.4 Å². The maximum atomic E-state index is 13.2. The zero-order valence-corrected chi connectivity index (χ0v) is 9.82. The number of aliphatic hydroxyl groups excluding tert-OH is 1. The molecule has 17 heavy (non-hydrogen) atoms. The quantitative estimate of drug-likeness (QED) is 0.742. The fourth-order valence-electron chi connectivity index (χ4n) is 1.81. The van der Waals surface area contributed by atoms with Crippen LogP contribution in [0.3, 0.4) is 0 Å². The first-order valence-corrected chi connectivity index (χ1v) is 6.59. The Morgan fingerprint density at radius 1 is 1.47 bits per heavy atom. The second-order valence-corrected chi connectivity index (χ2v) is 5.86. The molecule has 1 aromatic rings. The van der Waals surface area contributed by atoms with Gasteiger partial charge in [0.2, 0.25) is 10.0 Å². The minimum atomic E-state index is -3.82. The van der Waals surface area contributed by atoms with E-state index in [-0.39, 0.29) is 23.7 Å². The zero-order valence-electron chi connectivity index (χ0n) is 9.01. The van der Waals surface area contributed by atoms with Gasteiger partial charge in [0.15, 0.2) is 0 Å². The van der Waals surface area contributed by atoms with Crippen molar-refractivity contribution in [2.45, 2.75) is 17.4 Å². The number of anilines is 1. The van der Waals surface area contributed by atoms with Crippen molar-refractivity contribution in [3.63, 3.8) is 0 Å². The molecule has 0 aliphatic carbocycles. The summed E-state index contributed by atoms with van der Waals surface area (Å²) in [5.41, 5.74) is 5.05. The second-order valence-electron chi connectivity index (χ2n) is 3.96. The lowest BCUT2D eigenvalue weighted by atomic mass is 10.3. The highest BCUT2D eigenvalue weighted by Crippen LogP contribution is 2.26. The molecule has 2 rings (SSSR count). The van der Waals surface area contributed by atoms with E-state index < -0.39 is 21.9 Å². The van der Waals surface area contributed by atoms with E-state index in [2.05, 4.69) is 0 Å². The standard InChI is InChI=1S/C10H13FN2O3S/c11-8-2-1-3-9(10(8)12)17(15,16)13-5-4-7(14)6-13/h1-3,7,14H,4-6,12H2/t7-/m0/s1. The predicted molar refractivity (Wildman–Crippen MR) is 60.2 cm³/mol. The van der Waals surface area contributed by atoms with Crippen LogP contribution in [0.2, 0.25) is 0 Å². The minimum Gasteiger partial charge on any atom is -0.395 e. The van der Waals surface area contributed by atoms with Crippen molar-refractivity contribution in [3.8, 4) is 0 Å². The van der Waals surface area contributed by atoms with Crippen molar-refractivity contribution in [1.29, 1.82) is 0 Å². The summed E-state index contributed by atoms with van der Waals surface area (Å²) in [6.45, 7) is 0.248. The van der Waals surface area contributed by atoms with Crippen molar-refractivity contribution < 1.29 is 17.9 Å². The third kappa shape index (κ3) is 2.13. The van der Waals surface area contributed by atoms with E-state index >= 15 is 0 Å². The van der Waals surface area contributed by atoms with Crippen LogP contribution in [0.25, 0.3) is 0 Å². The van der Waals surface area contributed by atoms with Gasteiger partial charge < -0.3 is 10.8 Å². The van der Waals surface area contributed by atoms with Crippen molar-refractivity contribution in [2.75, 3.05) is 18.8 Å². The van der Waals surface area contributed by atoms with Gasteiger partial charge >= 0.3 is 0 Å². The molecule has 1 fully saturated rings. The van der Waals surface area contributed by atoms with E-state index in [1.807, 2.05) is 0 Å². The lowest BCUT2D eigenvalue weighted by Crippen LogP contribution is -2.30. The molecular weight excluding hydrogens is 247 g/mol. The monoisotopic (exact) mass is 260 g/mol. The first-order chi connectivity index (χ1) is 7.93. The van der Waals surface area contributed by atoms with E-state index in [4.69, 9.17) is 5.73 Å². The number of aliphatic hydroxyl groups is 1. The van der Waals surface area contributed by atoms with Crippen molar-refractivity contribution >= 4 is 15.7 Å². The van der Waals surface area contributed by atoms with Gasteiger partial charge in [-0.3, -0.25) is 0 Å². The van der Waals surface area contributed by atoms with Crippen LogP contribution in [0.15, 0.2) is 23.1 Å². The van der Waals surface area contributed by atoms with E-state index in [0.29, 0.717) is 6.42 Å². The van der Waals surface area contributed by atoms with E-state index in [9.17, 15) is 17.9 Å². The number of sulfonamides is 1. The number of nitrogens with zero attached hydrogens (tertiary/aromatic N) is 1. The zero-order chi connectivity index (χ0) is 12.6. The van der Waals surface area contributed by atoms with Crippen LogP contribution < -0.4 is 5.73 Å².